The Balaban J connectivity index is 2.54. The average molecular weight is 201 g/mol. The molecule has 72 valence electrons. The third kappa shape index (κ3) is 3.52. The molecule has 0 spiro atoms. The van der Waals surface area contributed by atoms with Crippen molar-refractivity contribution in [2.45, 2.75) is 6.42 Å². The molecule has 0 radical (unpaired) electrons. The van der Waals surface area contributed by atoms with E-state index < -0.39 is 10.1 Å². The number of rotatable bonds is 4. The molecule has 0 aliphatic heterocycles. The van der Waals surface area contributed by atoms with Crippen LogP contribution in [0.25, 0.3) is 0 Å². The molecule has 1 rings (SSSR count). The Labute approximate surface area is 77.7 Å². The van der Waals surface area contributed by atoms with Crippen molar-refractivity contribution in [3.05, 3.63) is 30.1 Å². The summed E-state index contributed by atoms with van der Waals surface area (Å²) in [5, 5.41) is 0. The maximum Gasteiger partial charge on any atom is 0.267 e. The lowest BCUT2D eigenvalue weighted by Crippen LogP contribution is -2.10. The molecule has 13 heavy (non-hydrogen) atoms. The predicted molar refractivity (Wildman–Crippen MR) is 48.7 cm³/mol. The molecule has 5 heteroatoms. The molecule has 1 aromatic heterocycles. The van der Waals surface area contributed by atoms with E-state index in [2.05, 4.69) is 9.17 Å². The molecule has 0 aliphatic carbocycles. The van der Waals surface area contributed by atoms with Gasteiger partial charge in [-0.3, -0.25) is 9.17 Å². The van der Waals surface area contributed by atoms with Crippen molar-refractivity contribution < 1.29 is 12.6 Å². The van der Waals surface area contributed by atoms with Crippen molar-refractivity contribution in [3.8, 4) is 0 Å². The topological polar surface area (TPSA) is 56.3 Å². The van der Waals surface area contributed by atoms with E-state index in [0.717, 1.165) is 12.8 Å². The summed E-state index contributed by atoms with van der Waals surface area (Å²) in [6.45, 7) is 0. The van der Waals surface area contributed by atoms with E-state index in [9.17, 15) is 8.42 Å². The highest BCUT2D eigenvalue weighted by Gasteiger charge is 2.08. The third-order valence-electron chi connectivity index (χ3n) is 1.59. The molecule has 0 aromatic carbocycles. The first-order valence-corrected chi connectivity index (χ1v) is 5.40. The van der Waals surface area contributed by atoms with Crippen LogP contribution in [-0.2, 0) is 20.7 Å². The van der Waals surface area contributed by atoms with E-state index in [4.69, 9.17) is 0 Å². The normalized spacial score (nSPS) is 11.5. The molecule has 0 fully saturated rings. The molecule has 0 atom stereocenters. The minimum Gasteiger partial charge on any atom is -0.273 e. The Morgan fingerprint density at radius 2 is 2.23 bits per heavy atom. The standard InChI is InChI=1S/C8H11NO3S/c1-12-13(10,11)7-5-8-4-2-3-6-9-8/h2-4,6H,5,7H2,1H3. The Morgan fingerprint density at radius 3 is 2.77 bits per heavy atom. The van der Waals surface area contributed by atoms with E-state index in [1.165, 1.54) is 0 Å². The second-order valence-electron chi connectivity index (χ2n) is 2.50. The monoisotopic (exact) mass is 201 g/mol. The summed E-state index contributed by atoms with van der Waals surface area (Å²) in [6.07, 6.45) is 2.02. The number of aryl methyl sites for hydroxylation is 1. The van der Waals surface area contributed by atoms with E-state index in [1.54, 1.807) is 18.3 Å². The Bertz CT molecular complexity index is 347. The quantitative estimate of drug-likeness (QED) is 0.669. The van der Waals surface area contributed by atoms with Crippen LogP contribution in [0.1, 0.15) is 5.69 Å². The van der Waals surface area contributed by atoms with Gasteiger partial charge in [-0.2, -0.15) is 8.42 Å². The van der Waals surface area contributed by atoms with Crippen molar-refractivity contribution >= 4 is 10.1 Å². The zero-order chi connectivity index (χ0) is 9.73. The van der Waals surface area contributed by atoms with Crippen LogP contribution in [0.2, 0.25) is 0 Å². The van der Waals surface area contributed by atoms with Crippen molar-refractivity contribution in [3.63, 3.8) is 0 Å². The fourth-order valence-corrected chi connectivity index (χ4v) is 1.48. The van der Waals surface area contributed by atoms with Gasteiger partial charge in [0, 0.05) is 18.3 Å². The summed E-state index contributed by atoms with van der Waals surface area (Å²) in [5.74, 6) is -0.0273. The van der Waals surface area contributed by atoms with E-state index in [1.807, 2.05) is 6.07 Å². The number of nitrogens with zero attached hydrogens (tertiary/aromatic N) is 1. The molecule has 0 N–H and O–H groups in total. The van der Waals surface area contributed by atoms with Gasteiger partial charge in [0.15, 0.2) is 0 Å². The first kappa shape index (κ1) is 10.1. The van der Waals surface area contributed by atoms with Gasteiger partial charge in [0.1, 0.15) is 0 Å². The zero-order valence-electron chi connectivity index (χ0n) is 7.30. The third-order valence-corrected chi connectivity index (χ3v) is 2.80. The highest BCUT2D eigenvalue weighted by atomic mass is 32.2. The number of hydrogen-bond donors (Lipinski definition) is 0. The van der Waals surface area contributed by atoms with E-state index in [0.29, 0.717) is 6.42 Å². The fourth-order valence-electron chi connectivity index (χ4n) is 0.859. The molecule has 0 unspecified atom stereocenters. The highest BCUT2D eigenvalue weighted by Crippen LogP contribution is 1.99. The molecule has 0 saturated heterocycles. The van der Waals surface area contributed by atoms with E-state index in [-0.39, 0.29) is 5.75 Å². The summed E-state index contributed by atoms with van der Waals surface area (Å²) in [6, 6.07) is 5.39. The van der Waals surface area contributed by atoms with Crippen LogP contribution in [0.5, 0.6) is 0 Å². The van der Waals surface area contributed by atoms with Gasteiger partial charge in [0.2, 0.25) is 0 Å². The Kier molecular flexibility index (Phi) is 3.39. The second kappa shape index (κ2) is 4.34. The lowest BCUT2D eigenvalue weighted by molar-refractivity contribution is 0.397. The lowest BCUT2D eigenvalue weighted by atomic mass is 10.3. The first-order valence-electron chi connectivity index (χ1n) is 3.82. The number of aromatic nitrogens is 1. The summed E-state index contributed by atoms with van der Waals surface area (Å²) in [4.78, 5) is 4.00. The average Bonchev–Trinajstić information content (AvgIpc) is 2.17. The SMILES string of the molecule is COS(=O)(=O)CCc1ccccn1. The van der Waals surface area contributed by atoms with Crippen LogP contribution in [0, 0.1) is 0 Å². The van der Waals surface area contributed by atoms with Crippen molar-refractivity contribution in [2.75, 3.05) is 12.9 Å². The summed E-state index contributed by atoms with van der Waals surface area (Å²) >= 11 is 0. The van der Waals surface area contributed by atoms with Crippen LogP contribution < -0.4 is 0 Å². The van der Waals surface area contributed by atoms with Crippen LogP contribution in [0.15, 0.2) is 24.4 Å². The first-order chi connectivity index (χ1) is 6.14. The largest absolute Gasteiger partial charge is 0.273 e. The molecule has 0 amide bonds. The van der Waals surface area contributed by atoms with Crippen LogP contribution in [-0.4, -0.2) is 26.3 Å². The van der Waals surface area contributed by atoms with Crippen LogP contribution in [0.4, 0.5) is 0 Å². The van der Waals surface area contributed by atoms with Gasteiger partial charge < -0.3 is 0 Å². The lowest BCUT2D eigenvalue weighted by Gasteiger charge is -2.00. The van der Waals surface area contributed by atoms with Gasteiger partial charge in [0.25, 0.3) is 10.1 Å². The molecule has 4 nitrogen and oxygen atoms in total. The molecule has 0 bridgehead atoms. The van der Waals surface area contributed by atoms with Gasteiger partial charge in [-0.15, -0.1) is 0 Å². The predicted octanol–water partition coefficient (Wildman–Crippen LogP) is 0.600. The minimum absolute atomic E-state index is 0.0273. The van der Waals surface area contributed by atoms with Crippen LogP contribution in [0.3, 0.4) is 0 Å². The second-order valence-corrected chi connectivity index (χ2v) is 4.36. The number of pyridine rings is 1. The molecule has 0 aliphatic rings. The van der Waals surface area contributed by atoms with Crippen molar-refractivity contribution in [1.29, 1.82) is 0 Å². The Hall–Kier alpha value is -0.940. The summed E-state index contributed by atoms with van der Waals surface area (Å²) in [7, 11) is -2.20. The molecular formula is C8H11NO3S. The fraction of sp³-hybridized carbons (Fsp3) is 0.375. The van der Waals surface area contributed by atoms with Crippen molar-refractivity contribution in [1.82, 2.24) is 4.98 Å². The van der Waals surface area contributed by atoms with Gasteiger partial charge in [-0.1, -0.05) is 6.07 Å². The molecule has 0 saturated carbocycles. The Morgan fingerprint density at radius 1 is 1.46 bits per heavy atom. The van der Waals surface area contributed by atoms with Gasteiger partial charge in [-0.05, 0) is 12.1 Å². The minimum atomic E-state index is -3.36. The highest BCUT2D eigenvalue weighted by molar-refractivity contribution is 7.86. The maximum atomic E-state index is 10.9. The van der Waals surface area contributed by atoms with Gasteiger partial charge in [0.05, 0.1) is 12.9 Å². The molecule has 1 heterocycles. The van der Waals surface area contributed by atoms with Crippen LogP contribution >= 0.6 is 0 Å². The van der Waals surface area contributed by atoms with Crippen molar-refractivity contribution in [2.24, 2.45) is 0 Å². The zero-order valence-corrected chi connectivity index (χ0v) is 8.12. The molecular weight excluding hydrogens is 190 g/mol. The number of hydrogen-bond acceptors (Lipinski definition) is 4. The van der Waals surface area contributed by atoms with Gasteiger partial charge in [-0.25, -0.2) is 0 Å². The van der Waals surface area contributed by atoms with Gasteiger partial charge >= 0.3 is 0 Å². The smallest absolute Gasteiger partial charge is 0.267 e. The summed E-state index contributed by atoms with van der Waals surface area (Å²) in [5.41, 5.74) is 0.753. The van der Waals surface area contributed by atoms with E-state index >= 15 is 0 Å². The summed E-state index contributed by atoms with van der Waals surface area (Å²) < 4.78 is 26.1. The maximum absolute atomic E-state index is 10.9. The molecule has 1 aromatic rings.